The fraction of sp³-hybridized carbons (Fsp3) is 0.250. The second kappa shape index (κ2) is 4.06. The van der Waals surface area contributed by atoms with Crippen molar-refractivity contribution in [2.45, 2.75) is 5.03 Å². The van der Waals surface area contributed by atoms with E-state index in [9.17, 15) is 18.4 Å². The lowest BCUT2D eigenvalue weighted by molar-refractivity contribution is -0.646. The van der Waals surface area contributed by atoms with Crippen molar-refractivity contribution >= 4 is 15.9 Å². The molecule has 2 N–H and O–H groups in total. The second-order valence-electron chi connectivity index (χ2n) is 3.30. The van der Waals surface area contributed by atoms with E-state index in [1.807, 2.05) is 0 Å². The standard InChI is InChI=1S/C8H11N3O4S/c1-10(2)7(12)6-4-3-5-11(13)8(6)16(9,14)15/h3-5H,1-2H3,(H2,9,14,15). The minimum absolute atomic E-state index is 0.0616. The van der Waals surface area contributed by atoms with Crippen molar-refractivity contribution in [2.75, 3.05) is 14.1 Å². The van der Waals surface area contributed by atoms with Gasteiger partial charge in [0.25, 0.3) is 5.91 Å². The van der Waals surface area contributed by atoms with Crippen LogP contribution in [0.4, 0.5) is 0 Å². The highest BCUT2D eigenvalue weighted by Crippen LogP contribution is 2.10. The molecule has 0 saturated heterocycles. The number of rotatable bonds is 2. The molecule has 0 aromatic carbocycles. The number of primary sulfonamides is 1. The number of aromatic nitrogens is 1. The second-order valence-corrected chi connectivity index (χ2v) is 4.77. The average molecular weight is 245 g/mol. The summed E-state index contributed by atoms with van der Waals surface area (Å²) in [5.41, 5.74) is -0.245. The van der Waals surface area contributed by atoms with Crippen molar-refractivity contribution in [1.29, 1.82) is 0 Å². The average Bonchev–Trinajstić information content (AvgIpc) is 2.14. The number of pyridine rings is 1. The van der Waals surface area contributed by atoms with Crippen LogP contribution in [0.2, 0.25) is 0 Å². The molecule has 16 heavy (non-hydrogen) atoms. The quantitative estimate of drug-likeness (QED) is 0.514. The first-order valence-electron chi connectivity index (χ1n) is 4.22. The van der Waals surface area contributed by atoms with E-state index in [2.05, 4.69) is 0 Å². The molecule has 0 spiro atoms. The number of hydrogen-bond acceptors (Lipinski definition) is 4. The topological polar surface area (TPSA) is 107 Å². The molecule has 0 aliphatic heterocycles. The van der Waals surface area contributed by atoms with Gasteiger partial charge in [-0.25, -0.2) is 13.6 Å². The number of nitrogens with zero attached hydrogens (tertiary/aromatic N) is 2. The number of amides is 1. The number of hydrogen-bond donors (Lipinski definition) is 1. The van der Waals surface area contributed by atoms with E-state index in [0.29, 0.717) is 0 Å². The number of sulfonamides is 1. The molecule has 1 aromatic rings. The zero-order chi connectivity index (χ0) is 12.5. The molecule has 1 aromatic heterocycles. The van der Waals surface area contributed by atoms with Gasteiger partial charge in [0.2, 0.25) is 0 Å². The van der Waals surface area contributed by atoms with Crippen LogP contribution in [0.1, 0.15) is 10.4 Å². The van der Waals surface area contributed by atoms with E-state index < -0.39 is 21.0 Å². The Bertz CT molecular complexity index is 524. The van der Waals surface area contributed by atoms with Crippen LogP contribution in [0.25, 0.3) is 0 Å². The Balaban J connectivity index is 3.53. The van der Waals surface area contributed by atoms with Crippen molar-refractivity contribution in [3.05, 3.63) is 29.1 Å². The van der Waals surface area contributed by atoms with Crippen LogP contribution in [-0.4, -0.2) is 33.3 Å². The molecule has 1 heterocycles. The third kappa shape index (κ3) is 2.28. The van der Waals surface area contributed by atoms with Gasteiger partial charge in [-0.3, -0.25) is 4.79 Å². The predicted molar refractivity (Wildman–Crippen MR) is 54.8 cm³/mol. The van der Waals surface area contributed by atoms with Crippen molar-refractivity contribution in [3.8, 4) is 0 Å². The monoisotopic (exact) mass is 245 g/mol. The lowest BCUT2D eigenvalue weighted by Gasteiger charge is -2.12. The van der Waals surface area contributed by atoms with Gasteiger partial charge in [-0.05, 0) is 6.07 Å². The molecular formula is C8H11N3O4S. The van der Waals surface area contributed by atoms with Crippen LogP contribution in [0.5, 0.6) is 0 Å². The highest BCUT2D eigenvalue weighted by atomic mass is 32.2. The maximum absolute atomic E-state index is 11.6. The van der Waals surface area contributed by atoms with Gasteiger partial charge in [-0.1, -0.05) is 0 Å². The van der Waals surface area contributed by atoms with Gasteiger partial charge >= 0.3 is 15.0 Å². The number of nitrogens with two attached hydrogens (primary N) is 1. The third-order valence-electron chi connectivity index (χ3n) is 1.82. The van der Waals surface area contributed by atoms with E-state index >= 15 is 0 Å². The van der Waals surface area contributed by atoms with Gasteiger partial charge in [-0.15, -0.1) is 0 Å². The maximum atomic E-state index is 11.6. The Morgan fingerprint density at radius 1 is 1.50 bits per heavy atom. The summed E-state index contributed by atoms with van der Waals surface area (Å²) < 4.78 is 22.4. The Hall–Kier alpha value is -1.67. The first-order chi connectivity index (χ1) is 7.25. The van der Waals surface area contributed by atoms with Crippen LogP contribution in [0.15, 0.2) is 23.4 Å². The number of carbonyl (C=O) groups is 1. The SMILES string of the molecule is CN(C)C(=O)c1ccc[n+]([O-])c1S(N)(=O)=O. The first-order valence-corrected chi connectivity index (χ1v) is 5.76. The first kappa shape index (κ1) is 12.4. The molecular weight excluding hydrogens is 234 g/mol. The smallest absolute Gasteiger partial charge is 0.336 e. The van der Waals surface area contributed by atoms with Crippen molar-refractivity contribution in [2.24, 2.45) is 5.14 Å². The Kier molecular flexibility index (Phi) is 3.15. The summed E-state index contributed by atoms with van der Waals surface area (Å²) in [5.74, 6) is -0.603. The lowest BCUT2D eigenvalue weighted by Crippen LogP contribution is -2.40. The van der Waals surface area contributed by atoms with E-state index in [1.165, 1.54) is 26.2 Å². The predicted octanol–water partition coefficient (Wildman–Crippen LogP) is -1.33. The Labute approximate surface area is 92.7 Å². The maximum Gasteiger partial charge on any atom is 0.336 e. The highest BCUT2D eigenvalue weighted by Gasteiger charge is 2.29. The van der Waals surface area contributed by atoms with Gasteiger partial charge in [0, 0.05) is 20.2 Å². The minimum Gasteiger partial charge on any atom is -0.618 e. The molecule has 0 unspecified atom stereocenters. The van der Waals surface area contributed by atoms with Gasteiger partial charge in [0.1, 0.15) is 5.56 Å². The molecule has 0 aliphatic rings. The Morgan fingerprint density at radius 2 is 2.06 bits per heavy atom. The minimum atomic E-state index is -4.24. The Morgan fingerprint density at radius 3 is 2.50 bits per heavy atom. The fourth-order valence-corrected chi connectivity index (χ4v) is 1.93. The zero-order valence-electron chi connectivity index (χ0n) is 8.75. The van der Waals surface area contributed by atoms with Crippen molar-refractivity contribution in [1.82, 2.24) is 4.90 Å². The summed E-state index contributed by atoms with van der Waals surface area (Å²) in [7, 11) is -1.36. The summed E-state index contributed by atoms with van der Waals surface area (Å²) in [6.45, 7) is 0. The molecule has 0 radical (unpaired) electrons. The summed E-state index contributed by atoms with van der Waals surface area (Å²) >= 11 is 0. The summed E-state index contributed by atoms with van der Waals surface area (Å²) in [5, 5.41) is 15.4. The molecule has 88 valence electrons. The molecule has 0 atom stereocenters. The molecule has 0 aliphatic carbocycles. The molecule has 1 rings (SSSR count). The van der Waals surface area contributed by atoms with Crippen LogP contribution >= 0.6 is 0 Å². The third-order valence-corrected chi connectivity index (χ3v) is 2.76. The molecule has 0 bridgehead atoms. The fourth-order valence-electron chi connectivity index (χ4n) is 1.16. The van der Waals surface area contributed by atoms with E-state index in [0.717, 1.165) is 11.1 Å². The largest absolute Gasteiger partial charge is 0.618 e. The van der Waals surface area contributed by atoms with Crippen molar-refractivity contribution < 1.29 is 17.9 Å². The van der Waals surface area contributed by atoms with E-state index in [1.54, 1.807) is 0 Å². The normalized spacial score (nSPS) is 11.2. The highest BCUT2D eigenvalue weighted by molar-refractivity contribution is 7.89. The van der Waals surface area contributed by atoms with E-state index in [-0.39, 0.29) is 10.3 Å². The summed E-state index contributed by atoms with van der Waals surface area (Å²) in [6, 6.07) is 2.51. The van der Waals surface area contributed by atoms with Crippen molar-refractivity contribution in [3.63, 3.8) is 0 Å². The van der Waals surface area contributed by atoms with Crippen LogP contribution in [-0.2, 0) is 10.0 Å². The van der Waals surface area contributed by atoms with Gasteiger partial charge in [-0.2, -0.15) is 4.73 Å². The van der Waals surface area contributed by atoms with Crippen LogP contribution in [0.3, 0.4) is 0 Å². The number of carbonyl (C=O) groups excluding carboxylic acids is 1. The van der Waals surface area contributed by atoms with Gasteiger partial charge in [0.05, 0.1) is 0 Å². The molecule has 0 saturated carbocycles. The summed E-state index contributed by atoms with van der Waals surface area (Å²) in [4.78, 5) is 12.8. The van der Waals surface area contributed by atoms with E-state index in [4.69, 9.17) is 5.14 Å². The van der Waals surface area contributed by atoms with Crippen LogP contribution < -0.4 is 9.87 Å². The van der Waals surface area contributed by atoms with Gasteiger partial charge < -0.3 is 10.1 Å². The molecule has 0 fully saturated rings. The summed E-state index contributed by atoms with van der Waals surface area (Å²) in [6.07, 6.45) is 0.964. The lowest BCUT2D eigenvalue weighted by atomic mass is 10.2. The molecule has 7 nitrogen and oxygen atoms in total. The van der Waals surface area contributed by atoms with Gasteiger partial charge in [0.15, 0.2) is 6.20 Å². The molecule has 1 amide bonds. The molecule has 8 heteroatoms. The van der Waals surface area contributed by atoms with Crippen LogP contribution in [0, 0.1) is 5.21 Å². The zero-order valence-corrected chi connectivity index (χ0v) is 9.56.